The zero-order valence-electron chi connectivity index (χ0n) is 18.2. The SMILES string of the molecule is Nc1ncnc2c1c(-c1ccc(Oc3ccccc3F)cc1)nn2C1CCC(=CC(=O)O)CC1. The quantitative estimate of drug-likeness (QED) is 0.397. The van der Waals surface area contributed by atoms with Gasteiger partial charge in [-0.25, -0.2) is 23.8 Å². The molecule has 8 nitrogen and oxygen atoms in total. The summed E-state index contributed by atoms with van der Waals surface area (Å²) in [6, 6.07) is 13.5. The summed E-state index contributed by atoms with van der Waals surface area (Å²) in [7, 11) is 0. The molecule has 1 aliphatic rings. The number of rotatable bonds is 5. The first-order valence-corrected chi connectivity index (χ1v) is 10.9. The molecule has 5 rings (SSSR count). The Hall–Kier alpha value is -4.27. The standard InChI is InChI=1S/C25H22FN5O3/c26-19-3-1-2-4-20(19)34-18-11-7-16(8-12-18)23-22-24(27)28-14-29-25(22)31(30-23)17-9-5-15(6-10-17)13-21(32)33/h1-4,7-8,11-14,17H,5-6,9-10H2,(H,32,33)(H2,27,28,29). The maximum atomic E-state index is 13.9. The Kier molecular flexibility index (Phi) is 5.67. The van der Waals surface area contributed by atoms with E-state index in [1.54, 1.807) is 30.3 Å². The van der Waals surface area contributed by atoms with Crippen molar-refractivity contribution in [2.45, 2.75) is 31.7 Å². The lowest BCUT2D eigenvalue weighted by atomic mass is 9.90. The van der Waals surface area contributed by atoms with Crippen molar-refractivity contribution in [1.29, 1.82) is 0 Å². The zero-order valence-corrected chi connectivity index (χ0v) is 18.2. The third-order valence-electron chi connectivity index (χ3n) is 5.98. The fourth-order valence-corrected chi connectivity index (χ4v) is 4.32. The molecule has 0 atom stereocenters. The van der Waals surface area contributed by atoms with Gasteiger partial charge in [0.25, 0.3) is 0 Å². The Morgan fingerprint density at radius 2 is 1.85 bits per heavy atom. The third kappa shape index (κ3) is 4.19. The van der Waals surface area contributed by atoms with Gasteiger partial charge in [-0.15, -0.1) is 0 Å². The number of hydrogen-bond donors (Lipinski definition) is 2. The number of carboxylic acid groups (broad SMARTS) is 1. The monoisotopic (exact) mass is 459 g/mol. The van der Waals surface area contributed by atoms with Gasteiger partial charge >= 0.3 is 5.97 Å². The van der Waals surface area contributed by atoms with Gasteiger partial charge in [0.1, 0.15) is 23.6 Å². The second-order valence-corrected chi connectivity index (χ2v) is 8.18. The van der Waals surface area contributed by atoms with Gasteiger partial charge < -0.3 is 15.6 Å². The van der Waals surface area contributed by atoms with Crippen LogP contribution in [-0.2, 0) is 4.79 Å². The predicted octanol–water partition coefficient (Wildman–Crippen LogP) is 5.13. The zero-order chi connectivity index (χ0) is 23.7. The minimum Gasteiger partial charge on any atom is -0.478 e. The maximum Gasteiger partial charge on any atom is 0.328 e. The summed E-state index contributed by atoms with van der Waals surface area (Å²) in [6.45, 7) is 0. The van der Waals surface area contributed by atoms with Gasteiger partial charge in [0.05, 0.1) is 11.4 Å². The summed E-state index contributed by atoms with van der Waals surface area (Å²) in [6.07, 6.45) is 5.62. The van der Waals surface area contributed by atoms with Crippen molar-refractivity contribution in [2.24, 2.45) is 0 Å². The molecule has 2 aromatic carbocycles. The Morgan fingerprint density at radius 3 is 2.56 bits per heavy atom. The average molecular weight is 459 g/mol. The Balaban J connectivity index is 1.46. The predicted molar refractivity (Wildman–Crippen MR) is 125 cm³/mol. The highest BCUT2D eigenvalue weighted by molar-refractivity contribution is 5.98. The van der Waals surface area contributed by atoms with Crippen LogP contribution in [0.25, 0.3) is 22.3 Å². The molecule has 0 amide bonds. The molecule has 0 spiro atoms. The molecule has 9 heteroatoms. The number of aromatic nitrogens is 4. The number of nitrogens with zero attached hydrogens (tertiary/aromatic N) is 4. The lowest BCUT2D eigenvalue weighted by Gasteiger charge is -2.24. The first kappa shape index (κ1) is 21.6. The summed E-state index contributed by atoms with van der Waals surface area (Å²) in [5.41, 5.74) is 9.24. The summed E-state index contributed by atoms with van der Waals surface area (Å²) in [4.78, 5) is 19.6. The molecular formula is C25H22FN5O3. The number of nitrogen functional groups attached to an aromatic ring is 1. The van der Waals surface area contributed by atoms with E-state index in [2.05, 4.69) is 9.97 Å². The number of carbonyl (C=O) groups is 1. The van der Waals surface area contributed by atoms with E-state index in [0.29, 0.717) is 41.1 Å². The Labute approximate surface area is 194 Å². The van der Waals surface area contributed by atoms with Crippen molar-refractivity contribution in [1.82, 2.24) is 19.7 Å². The molecule has 172 valence electrons. The normalized spacial score (nSPS) is 15.9. The molecule has 1 saturated carbocycles. The molecule has 34 heavy (non-hydrogen) atoms. The van der Waals surface area contributed by atoms with E-state index in [4.69, 9.17) is 20.7 Å². The molecule has 4 aromatic rings. The molecular weight excluding hydrogens is 437 g/mol. The molecule has 3 N–H and O–H groups in total. The van der Waals surface area contributed by atoms with Crippen LogP contribution < -0.4 is 10.5 Å². The molecule has 0 unspecified atom stereocenters. The highest BCUT2D eigenvalue weighted by Gasteiger charge is 2.25. The molecule has 1 fully saturated rings. The number of para-hydroxylation sites is 1. The fourth-order valence-electron chi connectivity index (χ4n) is 4.32. The Morgan fingerprint density at radius 1 is 1.12 bits per heavy atom. The number of anilines is 1. The molecule has 0 aliphatic heterocycles. The van der Waals surface area contributed by atoms with Gasteiger partial charge in [-0.2, -0.15) is 5.10 Å². The van der Waals surface area contributed by atoms with Crippen LogP contribution in [0.5, 0.6) is 11.5 Å². The van der Waals surface area contributed by atoms with Gasteiger partial charge in [0.15, 0.2) is 17.2 Å². The maximum absolute atomic E-state index is 13.9. The number of allylic oxidation sites excluding steroid dienone is 1. The number of halogens is 1. The van der Waals surface area contributed by atoms with E-state index in [1.165, 1.54) is 18.5 Å². The molecule has 0 saturated heterocycles. The van der Waals surface area contributed by atoms with Crippen molar-refractivity contribution < 1.29 is 19.0 Å². The fraction of sp³-hybridized carbons (Fsp3) is 0.200. The van der Waals surface area contributed by atoms with Crippen LogP contribution in [0.1, 0.15) is 31.7 Å². The number of carboxylic acids is 1. The molecule has 0 bridgehead atoms. The number of benzene rings is 2. The van der Waals surface area contributed by atoms with E-state index in [0.717, 1.165) is 24.0 Å². The van der Waals surface area contributed by atoms with Gasteiger partial charge in [-0.1, -0.05) is 17.7 Å². The van der Waals surface area contributed by atoms with Gasteiger partial charge in [-0.05, 0) is 62.1 Å². The highest BCUT2D eigenvalue weighted by Crippen LogP contribution is 2.37. The van der Waals surface area contributed by atoms with Crippen LogP contribution >= 0.6 is 0 Å². The lowest BCUT2D eigenvalue weighted by molar-refractivity contribution is -0.131. The van der Waals surface area contributed by atoms with E-state index in [-0.39, 0.29) is 11.8 Å². The summed E-state index contributed by atoms with van der Waals surface area (Å²) in [5.74, 6) is -0.374. The molecule has 0 radical (unpaired) electrons. The number of fused-ring (bicyclic) bond motifs is 1. The second-order valence-electron chi connectivity index (χ2n) is 8.18. The molecule has 2 heterocycles. The van der Waals surface area contributed by atoms with E-state index < -0.39 is 11.8 Å². The number of ether oxygens (including phenoxy) is 1. The average Bonchev–Trinajstić information content (AvgIpc) is 3.22. The van der Waals surface area contributed by atoms with Crippen LogP contribution in [0.4, 0.5) is 10.2 Å². The largest absolute Gasteiger partial charge is 0.478 e. The van der Waals surface area contributed by atoms with Crippen LogP contribution in [-0.4, -0.2) is 30.8 Å². The van der Waals surface area contributed by atoms with Crippen molar-refractivity contribution in [3.63, 3.8) is 0 Å². The van der Waals surface area contributed by atoms with E-state index >= 15 is 0 Å². The van der Waals surface area contributed by atoms with Crippen LogP contribution in [0, 0.1) is 5.82 Å². The third-order valence-corrected chi connectivity index (χ3v) is 5.98. The van der Waals surface area contributed by atoms with Crippen LogP contribution in [0.15, 0.2) is 66.5 Å². The first-order valence-electron chi connectivity index (χ1n) is 10.9. The molecule has 1 aliphatic carbocycles. The van der Waals surface area contributed by atoms with Gasteiger partial charge in [0, 0.05) is 11.6 Å². The number of aliphatic carboxylic acids is 1. The van der Waals surface area contributed by atoms with Crippen LogP contribution in [0.2, 0.25) is 0 Å². The van der Waals surface area contributed by atoms with Crippen molar-refractivity contribution in [2.75, 3.05) is 5.73 Å². The first-order chi connectivity index (χ1) is 16.5. The van der Waals surface area contributed by atoms with E-state index in [9.17, 15) is 9.18 Å². The molecule has 2 aromatic heterocycles. The summed E-state index contributed by atoms with van der Waals surface area (Å²) < 4.78 is 21.4. The van der Waals surface area contributed by atoms with Crippen molar-refractivity contribution in [3.05, 3.63) is 72.3 Å². The minimum absolute atomic E-state index is 0.0696. The minimum atomic E-state index is -0.914. The van der Waals surface area contributed by atoms with Gasteiger partial charge in [-0.3, -0.25) is 0 Å². The highest BCUT2D eigenvalue weighted by atomic mass is 19.1. The van der Waals surface area contributed by atoms with Crippen molar-refractivity contribution in [3.8, 4) is 22.8 Å². The van der Waals surface area contributed by atoms with Crippen LogP contribution in [0.3, 0.4) is 0 Å². The Bertz CT molecular complexity index is 1390. The number of hydrogen-bond acceptors (Lipinski definition) is 6. The smallest absolute Gasteiger partial charge is 0.328 e. The van der Waals surface area contributed by atoms with Gasteiger partial charge in [0.2, 0.25) is 0 Å². The summed E-state index contributed by atoms with van der Waals surface area (Å²) >= 11 is 0. The second kappa shape index (κ2) is 8.93. The van der Waals surface area contributed by atoms with E-state index in [1.807, 2.05) is 16.8 Å². The lowest BCUT2D eigenvalue weighted by Crippen LogP contribution is -2.16. The van der Waals surface area contributed by atoms with Crippen molar-refractivity contribution >= 4 is 22.8 Å². The summed E-state index contributed by atoms with van der Waals surface area (Å²) in [5, 5.41) is 14.5. The topological polar surface area (TPSA) is 116 Å². The number of nitrogens with two attached hydrogens (primary N) is 1.